The van der Waals surface area contributed by atoms with Gasteiger partial charge < -0.3 is 19.9 Å². The molecule has 0 saturated carbocycles. The highest BCUT2D eigenvalue weighted by molar-refractivity contribution is 5.85. The molecule has 0 radical (unpaired) electrons. The molecule has 0 unspecified atom stereocenters. The van der Waals surface area contributed by atoms with Gasteiger partial charge in [-0.2, -0.15) is 0 Å². The predicted octanol–water partition coefficient (Wildman–Crippen LogP) is 1.96. The van der Waals surface area contributed by atoms with Gasteiger partial charge in [0.1, 0.15) is 5.60 Å². The van der Waals surface area contributed by atoms with Crippen molar-refractivity contribution in [2.24, 2.45) is 0 Å². The third-order valence-corrected chi connectivity index (χ3v) is 4.62. The Hall–Kier alpha value is -1.40. The predicted molar refractivity (Wildman–Crippen MR) is 83.5 cm³/mol. The molecule has 124 valence electrons. The minimum absolute atomic E-state index is 0.0722. The van der Waals surface area contributed by atoms with Crippen LogP contribution in [0.3, 0.4) is 0 Å². The van der Waals surface area contributed by atoms with Crippen molar-refractivity contribution >= 4 is 5.91 Å². The van der Waals surface area contributed by atoms with Gasteiger partial charge in [-0.15, -0.1) is 0 Å². The van der Waals surface area contributed by atoms with E-state index in [2.05, 4.69) is 29.6 Å². The summed E-state index contributed by atoms with van der Waals surface area (Å²) in [6, 6.07) is 1.94. The minimum atomic E-state index is -0.719. The molecule has 1 aromatic rings. The van der Waals surface area contributed by atoms with Crippen LogP contribution in [0.4, 0.5) is 0 Å². The molecule has 1 aliphatic rings. The monoisotopic (exact) mass is 309 g/mol. The molecular weight excluding hydrogens is 282 g/mol. The van der Waals surface area contributed by atoms with E-state index in [1.54, 1.807) is 7.11 Å². The number of methoxy groups -OCH3 is 1. The van der Waals surface area contributed by atoms with E-state index in [1.807, 2.05) is 6.07 Å². The first-order valence-corrected chi connectivity index (χ1v) is 8.14. The van der Waals surface area contributed by atoms with Crippen LogP contribution in [0.5, 0.6) is 0 Å². The Kier molecular flexibility index (Phi) is 5.97. The normalized spacial score (nSPS) is 17.6. The summed E-state index contributed by atoms with van der Waals surface area (Å²) in [5.41, 5.74) is 0.251. The fourth-order valence-electron chi connectivity index (χ4n) is 2.99. The van der Waals surface area contributed by atoms with Crippen LogP contribution in [0.25, 0.3) is 0 Å². The Labute approximate surface area is 132 Å². The highest BCUT2D eigenvalue weighted by Crippen LogP contribution is 2.24. The summed E-state index contributed by atoms with van der Waals surface area (Å²) in [6.45, 7) is 6.23. The zero-order valence-corrected chi connectivity index (χ0v) is 13.8. The maximum absolute atomic E-state index is 12.5. The van der Waals surface area contributed by atoms with Gasteiger partial charge in [0, 0.05) is 19.1 Å². The number of nitrogens with one attached hydrogen (secondary N) is 2. The summed E-state index contributed by atoms with van der Waals surface area (Å²) in [5, 5.41) is 10.3. The summed E-state index contributed by atoms with van der Waals surface area (Å²) < 4.78 is 10.8. The number of carbonyl (C=O) groups is 1. The molecule has 22 heavy (non-hydrogen) atoms. The molecule has 0 aromatic carbocycles. The zero-order valence-electron chi connectivity index (χ0n) is 13.8. The fraction of sp³-hybridized carbons (Fsp3) is 0.750. The highest BCUT2D eigenvalue weighted by atomic mass is 16.5. The molecular formula is C16H27N3O3. The van der Waals surface area contributed by atoms with Crippen molar-refractivity contribution in [1.82, 2.24) is 15.8 Å². The molecule has 1 aromatic heterocycles. The molecule has 6 nitrogen and oxygen atoms in total. The Balaban J connectivity index is 1.93. The van der Waals surface area contributed by atoms with Crippen LogP contribution in [0.2, 0.25) is 0 Å². The first-order chi connectivity index (χ1) is 10.6. The summed E-state index contributed by atoms with van der Waals surface area (Å²) in [4.78, 5) is 12.5. The number of piperidine rings is 1. The van der Waals surface area contributed by atoms with Crippen LogP contribution in [0.1, 0.15) is 56.9 Å². The van der Waals surface area contributed by atoms with Gasteiger partial charge in [-0.05, 0) is 38.8 Å². The number of ether oxygens (including phenoxy) is 1. The molecule has 2 heterocycles. The van der Waals surface area contributed by atoms with E-state index < -0.39 is 5.60 Å². The van der Waals surface area contributed by atoms with Crippen molar-refractivity contribution in [2.45, 2.75) is 57.6 Å². The lowest BCUT2D eigenvalue weighted by Crippen LogP contribution is -2.53. The van der Waals surface area contributed by atoms with Gasteiger partial charge in [0.15, 0.2) is 5.76 Å². The lowest BCUT2D eigenvalue weighted by molar-refractivity contribution is -0.147. The Morgan fingerprint density at radius 1 is 1.45 bits per heavy atom. The van der Waals surface area contributed by atoms with Gasteiger partial charge in [-0.25, -0.2) is 0 Å². The lowest BCUT2D eigenvalue weighted by Gasteiger charge is -2.34. The average Bonchev–Trinajstić information content (AvgIpc) is 3.03. The summed E-state index contributed by atoms with van der Waals surface area (Å²) in [6.07, 6.45) is 3.44. The fourth-order valence-corrected chi connectivity index (χ4v) is 2.99. The van der Waals surface area contributed by atoms with E-state index in [4.69, 9.17) is 9.26 Å². The van der Waals surface area contributed by atoms with Gasteiger partial charge in [0.2, 0.25) is 0 Å². The Morgan fingerprint density at radius 2 is 2.14 bits per heavy atom. The smallest absolute Gasteiger partial charge is 0.252 e. The van der Waals surface area contributed by atoms with Crippen molar-refractivity contribution in [3.63, 3.8) is 0 Å². The number of aromatic nitrogens is 1. The van der Waals surface area contributed by atoms with Crippen molar-refractivity contribution in [2.75, 3.05) is 20.2 Å². The summed E-state index contributed by atoms with van der Waals surface area (Å²) in [5.74, 6) is 1.04. The molecule has 2 rings (SSSR count). The number of hydrogen-bond acceptors (Lipinski definition) is 5. The zero-order chi connectivity index (χ0) is 16.0. The first-order valence-electron chi connectivity index (χ1n) is 8.14. The topological polar surface area (TPSA) is 76.4 Å². The second kappa shape index (κ2) is 7.74. The summed E-state index contributed by atoms with van der Waals surface area (Å²) in [7, 11) is 1.60. The molecule has 1 saturated heterocycles. The van der Waals surface area contributed by atoms with Gasteiger partial charge >= 0.3 is 0 Å². The van der Waals surface area contributed by atoms with Crippen molar-refractivity contribution in [3.05, 3.63) is 17.5 Å². The highest BCUT2D eigenvalue weighted by Gasteiger charge is 2.39. The third kappa shape index (κ3) is 3.67. The SMILES string of the molecule is CCC(CC)c1cc(CNC(=O)C2(OC)CCNCC2)on1. The molecule has 1 amide bonds. The van der Waals surface area contributed by atoms with E-state index >= 15 is 0 Å². The second-order valence-corrected chi connectivity index (χ2v) is 5.86. The van der Waals surface area contributed by atoms with Gasteiger partial charge in [-0.3, -0.25) is 4.79 Å². The standard InChI is InChI=1S/C16H27N3O3/c1-4-12(5-2)14-10-13(22-19-14)11-18-15(20)16(21-3)6-8-17-9-7-16/h10,12,17H,4-9,11H2,1-3H3,(H,18,20). The van der Waals surface area contributed by atoms with Crippen molar-refractivity contribution < 1.29 is 14.1 Å². The van der Waals surface area contributed by atoms with E-state index in [1.165, 1.54) is 0 Å². The molecule has 1 aliphatic heterocycles. The van der Waals surface area contributed by atoms with E-state index in [-0.39, 0.29) is 5.91 Å². The average molecular weight is 309 g/mol. The number of amides is 1. The summed E-state index contributed by atoms with van der Waals surface area (Å²) >= 11 is 0. The molecule has 0 bridgehead atoms. The number of nitrogens with zero attached hydrogens (tertiary/aromatic N) is 1. The number of rotatable bonds is 7. The Bertz CT molecular complexity index is 477. The molecule has 6 heteroatoms. The quantitative estimate of drug-likeness (QED) is 0.805. The van der Waals surface area contributed by atoms with Crippen LogP contribution in [-0.2, 0) is 16.1 Å². The molecule has 0 atom stereocenters. The maximum atomic E-state index is 12.5. The molecule has 2 N–H and O–H groups in total. The van der Waals surface area contributed by atoms with Crippen LogP contribution >= 0.6 is 0 Å². The molecule has 0 aliphatic carbocycles. The van der Waals surface area contributed by atoms with Crippen LogP contribution in [-0.4, -0.2) is 36.9 Å². The minimum Gasteiger partial charge on any atom is -0.368 e. The second-order valence-electron chi connectivity index (χ2n) is 5.86. The van der Waals surface area contributed by atoms with E-state index in [0.29, 0.717) is 31.1 Å². The lowest BCUT2D eigenvalue weighted by atomic mass is 9.91. The maximum Gasteiger partial charge on any atom is 0.252 e. The van der Waals surface area contributed by atoms with Crippen LogP contribution in [0, 0.1) is 0 Å². The van der Waals surface area contributed by atoms with E-state index in [9.17, 15) is 4.79 Å². The van der Waals surface area contributed by atoms with Crippen molar-refractivity contribution in [3.8, 4) is 0 Å². The van der Waals surface area contributed by atoms with E-state index in [0.717, 1.165) is 31.6 Å². The molecule has 0 spiro atoms. The largest absolute Gasteiger partial charge is 0.368 e. The van der Waals surface area contributed by atoms with Crippen LogP contribution < -0.4 is 10.6 Å². The van der Waals surface area contributed by atoms with Gasteiger partial charge in [-0.1, -0.05) is 19.0 Å². The van der Waals surface area contributed by atoms with Gasteiger partial charge in [0.05, 0.1) is 12.2 Å². The Morgan fingerprint density at radius 3 is 2.73 bits per heavy atom. The van der Waals surface area contributed by atoms with Crippen LogP contribution in [0.15, 0.2) is 10.6 Å². The van der Waals surface area contributed by atoms with Gasteiger partial charge in [0.25, 0.3) is 5.91 Å². The number of carbonyl (C=O) groups excluding carboxylic acids is 1. The van der Waals surface area contributed by atoms with Crippen molar-refractivity contribution in [1.29, 1.82) is 0 Å². The first kappa shape index (κ1) is 17.0. The third-order valence-electron chi connectivity index (χ3n) is 4.62. The molecule has 1 fully saturated rings. The number of hydrogen-bond donors (Lipinski definition) is 2.